The topological polar surface area (TPSA) is 55.6 Å². The first-order chi connectivity index (χ1) is 8.61. The van der Waals surface area contributed by atoms with E-state index in [-0.39, 0.29) is 5.91 Å². The number of carbonyl (C=O) groups is 1. The molecule has 18 heavy (non-hydrogen) atoms. The zero-order valence-electron chi connectivity index (χ0n) is 10.6. The second kappa shape index (κ2) is 5.23. The molecule has 1 amide bonds. The molecule has 0 fully saturated rings. The van der Waals surface area contributed by atoms with Crippen LogP contribution >= 0.6 is 0 Å². The number of nitrogens with two attached hydrogens (primary N) is 1. The van der Waals surface area contributed by atoms with Crippen molar-refractivity contribution in [2.24, 2.45) is 5.73 Å². The summed E-state index contributed by atoms with van der Waals surface area (Å²) in [6.07, 6.45) is 0.868. The number of benzene rings is 1. The molecule has 2 rings (SSSR count). The first kappa shape index (κ1) is 12.6. The summed E-state index contributed by atoms with van der Waals surface area (Å²) >= 11 is 0. The smallest absolute Gasteiger partial charge is 0.253 e. The van der Waals surface area contributed by atoms with Crippen molar-refractivity contribution >= 4 is 5.91 Å². The zero-order chi connectivity index (χ0) is 13.1. The lowest BCUT2D eigenvalue weighted by molar-refractivity contribution is 0.0781. The van der Waals surface area contributed by atoms with Gasteiger partial charge < -0.3 is 15.4 Å². The summed E-state index contributed by atoms with van der Waals surface area (Å²) in [5, 5.41) is 0. The molecule has 1 aliphatic rings. The van der Waals surface area contributed by atoms with Crippen LogP contribution in [0.3, 0.4) is 0 Å². The Bertz CT molecular complexity index is 483. The van der Waals surface area contributed by atoms with Crippen molar-refractivity contribution < 1.29 is 9.53 Å². The molecule has 0 saturated carbocycles. The van der Waals surface area contributed by atoms with Gasteiger partial charge in [-0.3, -0.25) is 4.79 Å². The summed E-state index contributed by atoms with van der Waals surface area (Å²) in [6, 6.07) is 5.58. The molecule has 0 radical (unpaired) electrons. The van der Waals surface area contributed by atoms with E-state index in [1.807, 2.05) is 25.2 Å². The monoisotopic (exact) mass is 246 g/mol. The normalized spacial score (nSPS) is 14.3. The van der Waals surface area contributed by atoms with E-state index in [1.54, 1.807) is 4.90 Å². The molecule has 2 N–H and O–H groups in total. The minimum atomic E-state index is 0.0779. The Morgan fingerprint density at radius 2 is 2.33 bits per heavy atom. The fraction of sp³-hybridized carbons (Fsp3) is 0.357. The molecule has 0 unspecified atom stereocenters. The molecule has 0 saturated heterocycles. The van der Waals surface area contributed by atoms with Crippen LogP contribution in [0, 0.1) is 0 Å². The Kier molecular flexibility index (Phi) is 3.67. The molecule has 1 heterocycles. The van der Waals surface area contributed by atoms with E-state index in [4.69, 9.17) is 10.5 Å². The van der Waals surface area contributed by atoms with Gasteiger partial charge in [0.25, 0.3) is 5.91 Å². The van der Waals surface area contributed by atoms with Crippen molar-refractivity contribution in [2.45, 2.75) is 6.42 Å². The molecule has 0 spiro atoms. The van der Waals surface area contributed by atoms with Gasteiger partial charge in [-0.2, -0.15) is 0 Å². The van der Waals surface area contributed by atoms with Gasteiger partial charge in [-0.05, 0) is 35.8 Å². The molecule has 0 aromatic heterocycles. The largest absolute Gasteiger partial charge is 0.489 e. The van der Waals surface area contributed by atoms with Gasteiger partial charge in [-0.15, -0.1) is 0 Å². The van der Waals surface area contributed by atoms with Crippen molar-refractivity contribution in [3.63, 3.8) is 0 Å². The summed E-state index contributed by atoms with van der Waals surface area (Å²) in [7, 11) is 1.82. The van der Waals surface area contributed by atoms with Gasteiger partial charge in [-0.1, -0.05) is 6.58 Å². The Balaban J connectivity index is 2.13. The standard InChI is InChI=1S/C14H18N2O2/c1-10(8-15)9-18-12-3-4-13-11(7-12)5-6-16(2)14(13)17/h3-4,7H,1,5-6,8-9,15H2,2H3. The van der Waals surface area contributed by atoms with Crippen LogP contribution in [0.4, 0.5) is 0 Å². The summed E-state index contributed by atoms with van der Waals surface area (Å²) in [5.41, 5.74) is 8.12. The number of hydrogen-bond acceptors (Lipinski definition) is 3. The van der Waals surface area contributed by atoms with Crippen LogP contribution < -0.4 is 10.5 Å². The van der Waals surface area contributed by atoms with Gasteiger partial charge in [0.05, 0.1) is 0 Å². The molecule has 0 atom stereocenters. The molecule has 4 nitrogen and oxygen atoms in total. The highest BCUT2D eigenvalue weighted by molar-refractivity contribution is 5.96. The Morgan fingerprint density at radius 3 is 3.06 bits per heavy atom. The Morgan fingerprint density at radius 1 is 1.56 bits per heavy atom. The van der Waals surface area contributed by atoms with Crippen molar-refractivity contribution in [1.29, 1.82) is 0 Å². The fourth-order valence-corrected chi connectivity index (χ4v) is 1.91. The molecule has 0 aliphatic carbocycles. The number of hydrogen-bond donors (Lipinski definition) is 1. The molecule has 1 aromatic rings. The van der Waals surface area contributed by atoms with Crippen LogP contribution in [0.2, 0.25) is 0 Å². The minimum absolute atomic E-state index is 0.0779. The predicted molar refractivity (Wildman–Crippen MR) is 70.8 cm³/mol. The van der Waals surface area contributed by atoms with E-state index in [2.05, 4.69) is 6.58 Å². The summed E-state index contributed by atoms with van der Waals surface area (Å²) < 4.78 is 5.58. The van der Waals surface area contributed by atoms with Gasteiger partial charge in [-0.25, -0.2) is 0 Å². The molecular formula is C14H18N2O2. The van der Waals surface area contributed by atoms with E-state index >= 15 is 0 Å². The van der Waals surface area contributed by atoms with E-state index in [1.165, 1.54) is 0 Å². The molecule has 1 aromatic carbocycles. The number of amides is 1. The Labute approximate surface area is 107 Å². The lowest BCUT2D eigenvalue weighted by atomic mass is 9.99. The van der Waals surface area contributed by atoms with E-state index in [9.17, 15) is 4.79 Å². The van der Waals surface area contributed by atoms with Gasteiger partial charge >= 0.3 is 0 Å². The summed E-state index contributed by atoms with van der Waals surface area (Å²) in [5.74, 6) is 0.842. The van der Waals surface area contributed by atoms with Crippen molar-refractivity contribution in [3.8, 4) is 5.75 Å². The molecular weight excluding hydrogens is 228 g/mol. The van der Waals surface area contributed by atoms with Crippen molar-refractivity contribution in [1.82, 2.24) is 4.90 Å². The van der Waals surface area contributed by atoms with Crippen LogP contribution in [-0.4, -0.2) is 37.6 Å². The highest BCUT2D eigenvalue weighted by Crippen LogP contribution is 2.23. The van der Waals surface area contributed by atoms with E-state index < -0.39 is 0 Å². The number of ether oxygens (including phenoxy) is 1. The second-order valence-corrected chi connectivity index (χ2v) is 4.54. The van der Waals surface area contributed by atoms with Gasteiger partial charge in [0.2, 0.25) is 0 Å². The first-order valence-electron chi connectivity index (χ1n) is 5.99. The minimum Gasteiger partial charge on any atom is -0.489 e. The van der Waals surface area contributed by atoms with Crippen LogP contribution in [0.15, 0.2) is 30.4 Å². The summed E-state index contributed by atoms with van der Waals surface area (Å²) in [4.78, 5) is 13.6. The first-order valence-corrected chi connectivity index (χ1v) is 5.99. The average Bonchev–Trinajstić information content (AvgIpc) is 2.40. The highest BCUT2D eigenvalue weighted by atomic mass is 16.5. The fourth-order valence-electron chi connectivity index (χ4n) is 1.91. The second-order valence-electron chi connectivity index (χ2n) is 4.54. The quantitative estimate of drug-likeness (QED) is 0.812. The van der Waals surface area contributed by atoms with E-state index in [0.717, 1.165) is 35.4 Å². The maximum Gasteiger partial charge on any atom is 0.253 e. The maximum atomic E-state index is 11.9. The van der Waals surface area contributed by atoms with Crippen LogP contribution in [0.5, 0.6) is 5.75 Å². The lowest BCUT2D eigenvalue weighted by Gasteiger charge is -2.25. The van der Waals surface area contributed by atoms with Gasteiger partial charge in [0, 0.05) is 25.7 Å². The third-order valence-corrected chi connectivity index (χ3v) is 3.10. The number of fused-ring (bicyclic) bond motifs is 1. The van der Waals surface area contributed by atoms with E-state index in [0.29, 0.717) is 13.2 Å². The van der Waals surface area contributed by atoms with Crippen molar-refractivity contribution in [3.05, 3.63) is 41.5 Å². The number of likely N-dealkylation sites (N-methyl/N-ethyl adjacent to an activating group) is 1. The number of carbonyl (C=O) groups excluding carboxylic acids is 1. The molecule has 96 valence electrons. The third kappa shape index (κ3) is 2.54. The molecule has 1 aliphatic heterocycles. The highest BCUT2D eigenvalue weighted by Gasteiger charge is 2.21. The number of rotatable bonds is 4. The predicted octanol–water partition coefficient (Wildman–Crippen LogP) is 1.21. The lowest BCUT2D eigenvalue weighted by Crippen LogP contribution is -2.34. The van der Waals surface area contributed by atoms with Gasteiger partial charge in [0.1, 0.15) is 12.4 Å². The SMILES string of the molecule is C=C(CN)COc1ccc2c(c1)CCN(C)C2=O. The van der Waals surface area contributed by atoms with Crippen LogP contribution in [-0.2, 0) is 6.42 Å². The van der Waals surface area contributed by atoms with Gasteiger partial charge in [0.15, 0.2) is 0 Å². The summed E-state index contributed by atoms with van der Waals surface area (Å²) in [6.45, 7) is 5.39. The Hall–Kier alpha value is -1.81. The molecule has 0 bridgehead atoms. The van der Waals surface area contributed by atoms with Crippen molar-refractivity contribution in [2.75, 3.05) is 26.7 Å². The third-order valence-electron chi connectivity index (χ3n) is 3.10. The molecule has 4 heteroatoms. The maximum absolute atomic E-state index is 11.9. The number of nitrogens with zero attached hydrogens (tertiary/aromatic N) is 1. The zero-order valence-corrected chi connectivity index (χ0v) is 10.6. The van der Waals surface area contributed by atoms with Crippen LogP contribution in [0.1, 0.15) is 15.9 Å². The average molecular weight is 246 g/mol. The van der Waals surface area contributed by atoms with Crippen LogP contribution in [0.25, 0.3) is 0 Å².